The van der Waals surface area contributed by atoms with Crippen molar-refractivity contribution in [2.45, 2.75) is 26.3 Å². The molecule has 0 bridgehead atoms. The number of hydrogen-bond donors (Lipinski definition) is 2. The van der Waals surface area contributed by atoms with E-state index < -0.39 is 11.9 Å². The number of allylic oxidation sites excluding steroid dienone is 2. The number of nitrogens with zero attached hydrogens (tertiary/aromatic N) is 1. The normalized spacial score (nSPS) is 17.2. The summed E-state index contributed by atoms with van der Waals surface area (Å²) in [7, 11) is 0. The summed E-state index contributed by atoms with van der Waals surface area (Å²) in [5, 5.41) is 3.69. The summed E-state index contributed by atoms with van der Waals surface area (Å²) in [5.74, 6) is -0.524. The van der Waals surface area contributed by atoms with Gasteiger partial charge in [0.25, 0.3) is 0 Å². The Kier molecular flexibility index (Phi) is 5.92. The molecule has 6 nitrogen and oxygen atoms in total. The molecular formula is C18H19FIN3O3. The van der Waals surface area contributed by atoms with Crippen LogP contribution in [0.25, 0.3) is 11.0 Å². The SMILES string of the molecule is CC(C)CONC(=O)c1oc2ccncc2c1NC1CC=C(I)C=C1F. The Morgan fingerprint density at radius 1 is 1.54 bits per heavy atom. The van der Waals surface area contributed by atoms with E-state index in [4.69, 9.17) is 9.25 Å². The van der Waals surface area contributed by atoms with E-state index in [1.54, 1.807) is 18.5 Å². The molecule has 0 fully saturated rings. The van der Waals surface area contributed by atoms with Crippen molar-refractivity contribution in [2.24, 2.45) is 5.92 Å². The van der Waals surface area contributed by atoms with Crippen LogP contribution in [0.5, 0.6) is 0 Å². The van der Waals surface area contributed by atoms with E-state index in [1.807, 2.05) is 19.9 Å². The van der Waals surface area contributed by atoms with E-state index in [9.17, 15) is 9.18 Å². The van der Waals surface area contributed by atoms with Crippen LogP contribution < -0.4 is 10.8 Å². The molecule has 0 radical (unpaired) electrons. The zero-order valence-electron chi connectivity index (χ0n) is 14.4. The first-order chi connectivity index (χ1) is 12.5. The van der Waals surface area contributed by atoms with Crippen LogP contribution in [0.3, 0.4) is 0 Å². The van der Waals surface area contributed by atoms with Gasteiger partial charge >= 0.3 is 5.91 Å². The molecule has 2 N–H and O–H groups in total. The second kappa shape index (κ2) is 8.17. The number of pyridine rings is 1. The highest BCUT2D eigenvalue weighted by Crippen LogP contribution is 2.33. The summed E-state index contributed by atoms with van der Waals surface area (Å²) in [6.45, 7) is 4.32. The number of nitrogens with one attached hydrogen (secondary N) is 2. The molecule has 1 aliphatic carbocycles. The van der Waals surface area contributed by atoms with Crippen LogP contribution in [-0.4, -0.2) is 23.5 Å². The highest BCUT2D eigenvalue weighted by molar-refractivity contribution is 14.1. The minimum absolute atomic E-state index is 0.0359. The minimum atomic E-state index is -0.572. The standard InChI is InChI=1S/C18H19FIN3O3/c1-10(2)9-25-23-18(24)17-16(12-8-21-6-5-15(12)26-17)22-14-4-3-11(20)7-13(14)19/h3,5-8,10,14,22H,4,9H2,1-2H3,(H,23,24). The van der Waals surface area contributed by atoms with Gasteiger partial charge < -0.3 is 9.73 Å². The van der Waals surface area contributed by atoms with E-state index >= 15 is 0 Å². The average Bonchev–Trinajstić information content (AvgIpc) is 2.96. The predicted molar refractivity (Wildman–Crippen MR) is 106 cm³/mol. The minimum Gasteiger partial charge on any atom is -0.448 e. The molecule has 2 aromatic rings. The fourth-order valence-corrected chi connectivity index (χ4v) is 3.05. The molecule has 0 saturated heterocycles. The van der Waals surface area contributed by atoms with Gasteiger partial charge in [-0.2, -0.15) is 0 Å². The molecule has 26 heavy (non-hydrogen) atoms. The fourth-order valence-electron chi connectivity index (χ4n) is 2.50. The molecule has 8 heteroatoms. The molecule has 0 aliphatic heterocycles. The van der Waals surface area contributed by atoms with E-state index in [2.05, 4.69) is 38.4 Å². The van der Waals surface area contributed by atoms with E-state index in [0.29, 0.717) is 29.7 Å². The molecule has 3 rings (SSSR count). The number of fused-ring (bicyclic) bond motifs is 1. The fraction of sp³-hybridized carbons (Fsp3) is 0.333. The Balaban J connectivity index is 1.88. The van der Waals surface area contributed by atoms with Crippen molar-refractivity contribution in [2.75, 3.05) is 11.9 Å². The van der Waals surface area contributed by atoms with Gasteiger partial charge in [0.05, 0.1) is 23.7 Å². The summed E-state index contributed by atoms with van der Waals surface area (Å²) in [6, 6.07) is 1.08. The zero-order chi connectivity index (χ0) is 18.7. The van der Waals surface area contributed by atoms with Gasteiger partial charge in [-0.05, 0) is 47.1 Å². The highest BCUT2D eigenvalue weighted by Gasteiger charge is 2.25. The maximum atomic E-state index is 14.3. The Morgan fingerprint density at radius 3 is 3.08 bits per heavy atom. The molecule has 2 heterocycles. The first-order valence-electron chi connectivity index (χ1n) is 8.23. The lowest BCUT2D eigenvalue weighted by molar-refractivity contribution is 0.0191. The van der Waals surface area contributed by atoms with Crippen molar-refractivity contribution < 1.29 is 18.4 Å². The summed E-state index contributed by atoms with van der Waals surface area (Å²) in [4.78, 5) is 21.7. The number of hydroxylamine groups is 1. The number of anilines is 1. The Bertz CT molecular complexity index is 876. The molecule has 1 atom stereocenters. The van der Waals surface area contributed by atoms with Gasteiger partial charge in [0, 0.05) is 16.0 Å². The number of hydrogen-bond acceptors (Lipinski definition) is 5. The van der Waals surface area contributed by atoms with Gasteiger partial charge in [-0.3, -0.25) is 14.6 Å². The Morgan fingerprint density at radius 2 is 2.35 bits per heavy atom. The number of furan rings is 1. The summed E-state index contributed by atoms with van der Waals surface area (Å²) < 4.78 is 20.8. The summed E-state index contributed by atoms with van der Waals surface area (Å²) >= 11 is 2.07. The van der Waals surface area contributed by atoms with Crippen LogP contribution in [0.4, 0.5) is 10.1 Å². The van der Waals surface area contributed by atoms with Gasteiger partial charge in [0.15, 0.2) is 0 Å². The Labute approximate surface area is 164 Å². The maximum absolute atomic E-state index is 14.3. The van der Waals surface area contributed by atoms with Crippen molar-refractivity contribution >= 4 is 45.2 Å². The monoisotopic (exact) mass is 471 g/mol. The molecule has 1 amide bonds. The number of amides is 1. The smallest absolute Gasteiger partial charge is 0.312 e. The molecule has 138 valence electrons. The van der Waals surface area contributed by atoms with Gasteiger partial charge in [-0.1, -0.05) is 19.9 Å². The lowest BCUT2D eigenvalue weighted by atomic mass is 10.1. The third-order valence-corrected chi connectivity index (χ3v) is 4.50. The van der Waals surface area contributed by atoms with E-state index in [-0.39, 0.29) is 17.5 Å². The molecule has 0 spiro atoms. The van der Waals surface area contributed by atoms with Crippen molar-refractivity contribution in [3.8, 4) is 0 Å². The van der Waals surface area contributed by atoms with Crippen molar-refractivity contribution in [3.63, 3.8) is 0 Å². The van der Waals surface area contributed by atoms with Gasteiger partial charge in [-0.15, -0.1) is 0 Å². The third kappa shape index (κ3) is 4.24. The van der Waals surface area contributed by atoms with Crippen molar-refractivity contribution in [1.82, 2.24) is 10.5 Å². The van der Waals surface area contributed by atoms with Crippen LogP contribution in [0.2, 0.25) is 0 Å². The van der Waals surface area contributed by atoms with Crippen LogP contribution in [0, 0.1) is 5.92 Å². The first kappa shape index (κ1) is 18.8. The molecule has 2 aromatic heterocycles. The van der Waals surface area contributed by atoms with Crippen molar-refractivity contribution in [1.29, 1.82) is 0 Å². The van der Waals surface area contributed by atoms with Gasteiger partial charge in [0.2, 0.25) is 5.76 Å². The van der Waals surface area contributed by atoms with E-state index in [0.717, 1.165) is 3.58 Å². The zero-order valence-corrected chi connectivity index (χ0v) is 16.5. The van der Waals surface area contributed by atoms with Gasteiger partial charge in [-0.25, -0.2) is 9.87 Å². The number of aromatic nitrogens is 1. The summed E-state index contributed by atoms with van der Waals surface area (Å²) in [5.41, 5.74) is 3.26. The van der Waals surface area contributed by atoms with Crippen LogP contribution in [-0.2, 0) is 4.84 Å². The number of carbonyl (C=O) groups excluding carboxylic acids is 1. The van der Waals surface area contributed by atoms with Crippen molar-refractivity contribution in [3.05, 3.63) is 45.8 Å². The quantitative estimate of drug-likeness (QED) is 0.480. The maximum Gasteiger partial charge on any atom is 0.312 e. The van der Waals surface area contributed by atoms with Crippen LogP contribution >= 0.6 is 22.6 Å². The molecule has 0 aromatic carbocycles. The average molecular weight is 471 g/mol. The number of carbonyl (C=O) groups is 1. The largest absolute Gasteiger partial charge is 0.448 e. The predicted octanol–water partition coefficient (Wildman–Crippen LogP) is 4.50. The van der Waals surface area contributed by atoms with Crippen LogP contribution in [0.15, 0.2) is 44.4 Å². The lowest BCUT2D eigenvalue weighted by Gasteiger charge is -2.19. The molecule has 0 saturated carbocycles. The topological polar surface area (TPSA) is 76.4 Å². The van der Waals surface area contributed by atoms with E-state index in [1.165, 1.54) is 6.08 Å². The lowest BCUT2D eigenvalue weighted by Crippen LogP contribution is -2.27. The first-order valence-corrected chi connectivity index (χ1v) is 9.31. The third-order valence-electron chi connectivity index (χ3n) is 3.75. The van der Waals surface area contributed by atoms with Crippen LogP contribution in [0.1, 0.15) is 30.8 Å². The summed E-state index contributed by atoms with van der Waals surface area (Å²) in [6.07, 6.45) is 7.01. The van der Waals surface area contributed by atoms with Gasteiger partial charge in [0.1, 0.15) is 11.4 Å². The molecule has 1 unspecified atom stereocenters. The molecule has 1 aliphatic rings. The number of halogens is 2. The highest BCUT2D eigenvalue weighted by atomic mass is 127. The number of rotatable bonds is 6. The second-order valence-corrected chi connectivity index (χ2v) is 7.61. The molecular weight excluding hydrogens is 452 g/mol. The second-order valence-electron chi connectivity index (χ2n) is 6.36. The Hall–Kier alpha value is -1.94.